The van der Waals surface area contributed by atoms with Gasteiger partial charge in [0.25, 0.3) is 5.91 Å². The number of rotatable bonds is 4. The van der Waals surface area contributed by atoms with Gasteiger partial charge in [-0.15, -0.1) is 0 Å². The Balaban J connectivity index is 1.45. The van der Waals surface area contributed by atoms with Crippen LogP contribution >= 0.6 is 11.6 Å². The summed E-state index contributed by atoms with van der Waals surface area (Å²) < 4.78 is 5.46. The Hall–Kier alpha value is -3.32. The van der Waals surface area contributed by atoms with Gasteiger partial charge in [0.2, 0.25) is 0 Å². The maximum atomic E-state index is 13.2. The zero-order valence-corrected chi connectivity index (χ0v) is 22.0. The van der Waals surface area contributed by atoms with Crippen LogP contribution in [0.15, 0.2) is 42.6 Å². The molecule has 2 aromatic carbocycles. The molecule has 2 heterocycles. The van der Waals surface area contributed by atoms with Gasteiger partial charge in [-0.1, -0.05) is 35.9 Å². The third-order valence-corrected chi connectivity index (χ3v) is 6.79. The number of amides is 2. The fourth-order valence-corrected chi connectivity index (χ4v) is 4.93. The lowest BCUT2D eigenvalue weighted by Crippen LogP contribution is -2.43. The van der Waals surface area contributed by atoms with E-state index in [1.807, 2.05) is 64.1 Å². The minimum Gasteiger partial charge on any atom is -0.444 e. The number of benzene rings is 2. The molecule has 190 valence electrons. The van der Waals surface area contributed by atoms with Crippen molar-refractivity contribution in [3.63, 3.8) is 0 Å². The molecule has 0 radical (unpaired) electrons. The van der Waals surface area contributed by atoms with Crippen molar-refractivity contribution in [3.8, 4) is 11.1 Å². The average Bonchev–Trinajstić information content (AvgIpc) is 2.81. The van der Waals surface area contributed by atoms with Crippen LogP contribution in [0, 0.1) is 12.8 Å². The number of likely N-dealkylation sites (tertiary alicyclic amines) is 1. The monoisotopic (exact) mass is 508 g/mol. The quantitative estimate of drug-likeness (QED) is 0.462. The molecule has 4 rings (SSSR count). The number of hydrogen-bond acceptors (Lipinski definition) is 5. The summed E-state index contributed by atoms with van der Waals surface area (Å²) in [6.45, 7) is 9.32. The van der Waals surface area contributed by atoms with Crippen molar-refractivity contribution in [2.45, 2.75) is 46.1 Å². The van der Waals surface area contributed by atoms with Crippen molar-refractivity contribution in [3.05, 3.63) is 58.7 Å². The summed E-state index contributed by atoms with van der Waals surface area (Å²) in [6, 6.07) is 11.7. The standard InChI is InChI=1S/C28H33ClN4O3/c1-17-6-5-7-22(29)23(17)19-8-9-21-20(14-19)16-31-25(30)24(21)26(34)32-15-18-10-12-33(13-11-18)27(35)36-28(2,3)4/h5-9,14,16,18H,10-13,15H2,1-4H3,(H2,30,31)(H,32,34). The van der Waals surface area contributed by atoms with Crippen molar-refractivity contribution in [2.24, 2.45) is 5.92 Å². The highest BCUT2D eigenvalue weighted by Gasteiger charge is 2.27. The Bertz CT molecular complexity index is 1270. The van der Waals surface area contributed by atoms with Crippen LogP contribution in [0.2, 0.25) is 5.02 Å². The SMILES string of the molecule is Cc1cccc(Cl)c1-c1ccc2c(C(=O)NCC3CCN(C(=O)OC(C)(C)C)CC3)c(N)ncc2c1. The number of anilines is 1. The number of halogens is 1. The summed E-state index contributed by atoms with van der Waals surface area (Å²) in [5.74, 6) is 0.217. The van der Waals surface area contributed by atoms with Crippen molar-refractivity contribution in [1.29, 1.82) is 0 Å². The smallest absolute Gasteiger partial charge is 0.410 e. The number of carbonyl (C=O) groups is 2. The fourth-order valence-electron chi connectivity index (χ4n) is 4.60. The Morgan fingerprint density at radius 2 is 1.92 bits per heavy atom. The highest BCUT2D eigenvalue weighted by atomic mass is 35.5. The number of carbonyl (C=O) groups excluding carboxylic acids is 2. The minimum absolute atomic E-state index is 0.196. The molecule has 36 heavy (non-hydrogen) atoms. The molecule has 0 aliphatic carbocycles. The number of nitrogens with two attached hydrogens (primary N) is 1. The van der Waals surface area contributed by atoms with Gasteiger partial charge < -0.3 is 20.7 Å². The first-order chi connectivity index (χ1) is 17.0. The van der Waals surface area contributed by atoms with Gasteiger partial charge in [-0.25, -0.2) is 9.78 Å². The molecule has 0 spiro atoms. The van der Waals surface area contributed by atoms with Gasteiger partial charge in [-0.3, -0.25) is 4.79 Å². The molecule has 3 aromatic rings. The van der Waals surface area contributed by atoms with Crippen LogP contribution in [0.25, 0.3) is 21.9 Å². The summed E-state index contributed by atoms with van der Waals surface area (Å²) in [6.07, 6.45) is 2.99. The normalized spacial score (nSPS) is 14.6. The molecule has 1 aromatic heterocycles. The molecule has 2 amide bonds. The number of aromatic nitrogens is 1. The topological polar surface area (TPSA) is 97.5 Å². The molecule has 1 fully saturated rings. The van der Waals surface area contributed by atoms with Crippen molar-refractivity contribution >= 4 is 40.2 Å². The van der Waals surface area contributed by atoms with E-state index in [1.165, 1.54) is 0 Å². The van der Waals surface area contributed by atoms with Crippen LogP contribution in [-0.4, -0.2) is 47.1 Å². The van der Waals surface area contributed by atoms with Crippen LogP contribution in [-0.2, 0) is 4.74 Å². The van der Waals surface area contributed by atoms with Crippen molar-refractivity contribution < 1.29 is 14.3 Å². The van der Waals surface area contributed by atoms with Gasteiger partial charge in [0.1, 0.15) is 11.4 Å². The summed E-state index contributed by atoms with van der Waals surface area (Å²) in [5, 5.41) is 5.27. The van der Waals surface area contributed by atoms with Gasteiger partial charge in [-0.05, 0) is 75.1 Å². The number of nitrogen functional groups attached to an aromatic ring is 1. The number of ether oxygens (including phenoxy) is 1. The predicted octanol–water partition coefficient (Wildman–Crippen LogP) is 5.82. The number of nitrogens with one attached hydrogen (secondary N) is 1. The fraction of sp³-hybridized carbons (Fsp3) is 0.393. The third kappa shape index (κ3) is 5.73. The molecule has 0 unspecified atom stereocenters. The molecule has 8 heteroatoms. The van der Waals surface area contributed by atoms with Crippen LogP contribution in [0.4, 0.5) is 10.6 Å². The van der Waals surface area contributed by atoms with Gasteiger partial charge in [0, 0.05) is 41.8 Å². The lowest BCUT2D eigenvalue weighted by atomic mass is 9.96. The Morgan fingerprint density at radius 3 is 2.58 bits per heavy atom. The third-order valence-electron chi connectivity index (χ3n) is 6.47. The molecule has 0 saturated carbocycles. The predicted molar refractivity (Wildman–Crippen MR) is 144 cm³/mol. The highest BCUT2D eigenvalue weighted by molar-refractivity contribution is 6.33. The molecule has 3 N–H and O–H groups in total. The summed E-state index contributed by atoms with van der Waals surface area (Å²) in [5.41, 5.74) is 9.00. The first kappa shape index (κ1) is 25.8. The maximum Gasteiger partial charge on any atom is 0.410 e. The maximum absolute atomic E-state index is 13.2. The highest BCUT2D eigenvalue weighted by Crippen LogP contribution is 2.34. The van der Waals surface area contributed by atoms with Crippen molar-refractivity contribution in [1.82, 2.24) is 15.2 Å². The summed E-state index contributed by atoms with van der Waals surface area (Å²) >= 11 is 6.46. The molecule has 1 aliphatic heterocycles. The average molecular weight is 509 g/mol. The number of fused-ring (bicyclic) bond motifs is 1. The lowest BCUT2D eigenvalue weighted by Gasteiger charge is -2.33. The van der Waals surface area contributed by atoms with Gasteiger partial charge in [0.05, 0.1) is 5.56 Å². The number of nitrogens with zero attached hydrogens (tertiary/aromatic N) is 2. The number of pyridine rings is 1. The summed E-state index contributed by atoms with van der Waals surface area (Å²) in [7, 11) is 0. The zero-order valence-electron chi connectivity index (χ0n) is 21.2. The number of piperidine rings is 1. The molecular formula is C28H33ClN4O3. The zero-order chi connectivity index (χ0) is 26.0. The molecule has 1 aliphatic rings. The van der Waals surface area contributed by atoms with E-state index in [4.69, 9.17) is 22.1 Å². The molecule has 0 bridgehead atoms. The van der Waals surface area contributed by atoms with Crippen LogP contribution in [0.1, 0.15) is 49.5 Å². The van der Waals surface area contributed by atoms with E-state index in [-0.39, 0.29) is 23.7 Å². The second kappa shape index (κ2) is 10.3. The first-order valence-corrected chi connectivity index (χ1v) is 12.6. The van der Waals surface area contributed by atoms with E-state index in [0.717, 1.165) is 40.3 Å². The van der Waals surface area contributed by atoms with Gasteiger partial charge in [0.15, 0.2) is 0 Å². The largest absolute Gasteiger partial charge is 0.444 e. The van der Waals surface area contributed by atoms with E-state index in [2.05, 4.69) is 10.3 Å². The van der Waals surface area contributed by atoms with E-state index in [1.54, 1.807) is 11.1 Å². The number of aryl methyl sites for hydroxylation is 1. The Morgan fingerprint density at radius 1 is 1.19 bits per heavy atom. The van der Waals surface area contributed by atoms with Gasteiger partial charge >= 0.3 is 6.09 Å². The van der Waals surface area contributed by atoms with Gasteiger partial charge in [-0.2, -0.15) is 0 Å². The van der Waals surface area contributed by atoms with Crippen LogP contribution in [0.5, 0.6) is 0 Å². The Labute approximate surface area is 217 Å². The molecule has 0 atom stereocenters. The lowest BCUT2D eigenvalue weighted by molar-refractivity contribution is 0.0183. The molecule has 7 nitrogen and oxygen atoms in total. The first-order valence-electron chi connectivity index (χ1n) is 12.2. The summed E-state index contributed by atoms with van der Waals surface area (Å²) in [4.78, 5) is 31.5. The van der Waals surface area contributed by atoms with Crippen LogP contribution < -0.4 is 11.1 Å². The second-order valence-corrected chi connectivity index (χ2v) is 10.8. The van der Waals surface area contributed by atoms with E-state index < -0.39 is 5.60 Å². The van der Waals surface area contributed by atoms with Crippen LogP contribution in [0.3, 0.4) is 0 Å². The van der Waals surface area contributed by atoms with E-state index in [0.29, 0.717) is 30.2 Å². The Kier molecular flexibility index (Phi) is 7.41. The molecular weight excluding hydrogens is 476 g/mol. The van der Waals surface area contributed by atoms with E-state index >= 15 is 0 Å². The minimum atomic E-state index is -0.513. The van der Waals surface area contributed by atoms with E-state index in [9.17, 15) is 9.59 Å². The molecule has 1 saturated heterocycles. The number of hydrogen-bond donors (Lipinski definition) is 2. The second-order valence-electron chi connectivity index (χ2n) is 10.4. The van der Waals surface area contributed by atoms with Crippen molar-refractivity contribution in [2.75, 3.05) is 25.4 Å².